The minimum Gasteiger partial charge on any atom is -0.373 e. The van der Waals surface area contributed by atoms with Gasteiger partial charge in [0, 0.05) is 19.6 Å². The minimum atomic E-state index is -0.411. The van der Waals surface area contributed by atoms with Crippen molar-refractivity contribution in [2.45, 2.75) is 38.9 Å². The lowest BCUT2D eigenvalue weighted by Gasteiger charge is -2.35. The third kappa shape index (κ3) is 5.02. The van der Waals surface area contributed by atoms with E-state index in [9.17, 15) is 4.39 Å². The number of anilines is 1. The molecule has 1 saturated heterocycles. The molecule has 1 N–H and O–H groups in total. The first-order valence-corrected chi connectivity index (χ1v) is 7.22. The van der Waals surface area contributed by atoms with Gasteiger partial charge in [0.25, 0.3) is 0 Å². The summed E-state index contributed by atoms with van der Waals surface area (Å²) < 4.78 is 18.3. The molecule has 1 fully saturated rings. The molecule has 112 valence electrons. The maximum Gasteiger partial charge on any atom is 0.222 e. The molecule has 0 aromatic carbocycles. The Morgan fingerprint density at radius 3 is 2.55 bits per heavy atom. The molecule has 0 unspecified atom stereocenters. The number of nitrogens with zero attached hydrogens (tertiary/aromatic N) is 3. The highest BCUT2D eigenvalue weighted by molar-refractivity contribution is 5.21. The standard InChI is InChI=1S/C14H23FN4O/c1-11-9-19(10-12(2)20-11)6-4-3-5-16-14-17-7-13(15)8-18-14/h7-8,11-12H,3-6,9-10H2,1-2H3,(H,16,17,18)/t11-,12-/m1/s1. The van der Waals surface area contributed by atoms with E-state index in [2.05, 4.69) is 34.0 Å². The van der Waals surface area contributed by atoms with Crippen molar-refractivity contribution in [1.82, 2.24) is 14.9 Å². The molecule has 0 amide bonds. The van der Waals surface area contributed by atoms with Crippen molar-refractivity contribution in [3.8, 4) is 0 Å². The number of morpholine rings is 1. The average molecular weight is 282 g/mol. The normalized spacial score (nSPS) is 23.8. The van der Waals surface area contributed by atoms with Crippen molar-refractivity contribution in [3.63, 3.8) is 0 Å². The van der Waals surface area contributed by atoms with E-state index in [-0.39, 0.29) is 0 Å². The molecule has 1 aliphatic rings. The summed E-state index contributed by atoms with van der Waals surface area (Å²) in [5.74, 6) is 0.0751. The monoisotopic (exact) mass is 282 g/mol. The van der Waals surface area contributed by atoms with Crippen LogP contribution in [-0.4, -0.2) is 53.3 Å². The summed E-state index contributed by atoms with van der Waals surface area (Å²) >= 11 is 0. The highest BCUT2D eigenvalue weighted by Crippen LogP contribution is 2.11. The van der Waals surface area contributed by atoms with Crippen molar-refractivity contribution in [3.05, 3.63) is 18.2 Å². The molecule has 2 heterocycles. The van der Waals surface area contributed by atoms with Crippen LogP contribution >= 0.6 is 0 Å². The zero-order valence-corrected chi connectivity index (χ0v) is 12.2. The van der Waals surface area contributed by atoms with Crippen LogP contribution in [0.3, 0.4) is 0 Å². The van der Waals surface area contributed by atoms with E-state index < -0.39 is 5.82 Å². The highest BCUT2D eigenvalue weighted by atomic mass is 19.1. The van der Waals surface area contributed by atoms with Gasteiger partial charge < -0.3 is 10.1 Å². The zero-order valence-electron chi connectivity index (χ0n) is 12.2. The van der Waals surface area contributed by atoms with Gasteiger partial charge in [0.15, 0.2) is 5.82 Å². The van der Waals surface area contributed by atoms with Gasteiger partial charge in [-0.25, -0.2) is 14.4 Å². The number of hydrogen-bond acceptors (Lipinski definition) is 5. The highest BCUT2D eigenvalue weighted by Gasteiger charge is 2.21. The smallest absolute Gasteiger partial charge is 0.222 e. The number of unbranched alkanes of at least 4 members (excludes halogenated alkanes) is 1. The van der Waals surface area contributed by atoms with Crippen LogP contribution in [-0.2, 0) is 4.74 Å². The van der Waals surface area contributed by atoms with Gasteiger partial charge in [-0.1, -0.05) is 0 Å². The maximum absolute atomic E-state index is 12.6. The first-order valence-electron chi connectivity index (χ1n) is 7.22. The molecule has 0 radical (unpaired) electrons. The van der Waals surface area contributed by atoms with Crippen LogP contribution in [0.25, 0.3) is 0 Å². The van der Waals surface area contributed by atoms with Crippen molar-refractivity contribution < 1.29 is 9.13 Å². The Balaban J connectivity index is 1.58. The van der Waals surface area contributed by atoms with E-state index in [1.165, 1.54) is 12.4 Å². The van der Waals surface area contributed by atoms with E-state index in [0.717, 1.165) is 39.0 Å². The van der Waals surface area contributed by atoms with Gasteiger partial charge in [0.1, 0.15) is 0 Å². The van der Waals surface area contributed by atoms with Crippen molar-refractivity contribution in [1.29, 1.82) is 0 Å². The summed E-state index contributed by atoms with van der Waals surface area (Å²) in [4.78, 5) is 10.2. The Hall–Kier alpha value is -1.27. The molecule has 0 spiro atoms. The summed E-state index contributed by atoms with van der Waals surface area (Å²) in [6.45, 7) is 8.16. The van der Waals surface area contributed by atoms with Gasteiger partial charge in [-0.05, 0) is 33.2 Å². The molecular formula is C14H23FN4O. The first-order chi connectivity index (χ1) is 9.63. The molecule has 2 rings (SSSR count). The van der Waals surface area contributed by atoms with Gasteiger partial charge in [-0.3, -0.25) is 4.90 Å². The number of hydrogen-bond donors (Lipinski definition) is 1. The lowest BCUT2D eigenvalue weighted by Crippen LogP contribution is -2.45. The molecule has 1 aliphatic heterocycles. The second-order valence-corrected chi connectivity index (χ2v) is 5.38. The Labute approximate surface area is 119 Å². The molecule has 5 nitrogen and oxygen atoms in total. The number of ether oxygens (including phenoxy) is 1. The van der Waals surface area contributed by atoms with Crippen molar-refractivity contribution in [2.75, 3.05) is 31.5 Å². The van der Waals surface area contributed by atoms with Crippen LogP contribution in [0.5, 0.6) is 0 Å². The molecule has 0 aliphatic carbocycles. The Morgan fingerprint density at radius 2 is 1.90 bits per heavy atom. The summed E-state index contributed by atoms with van der Waals surface area (Å²) in [7, 11) is 0. The van der Waals surface area contributed by atoms with Crippen molar-refractivity contribution in [2.24, 2.45) is 0 Å². The van der Waals surface area contributed by atoms with Crippen molar-refractivity contribution >= 4 is 5.95 Å². The predicted molar refractivity (Wildman–Crippen MR) is 76.2 cm³/mol. The zero-order chi connectivity index (χ0) is 14.4. The van der Waals surface area contributed by atoms with E-state index >= 15 is 0 Å². The van der Waals surface area contributed by atoms with Crippen LogP contribution in [0.15, 0.2) is 12.4 Å². The molecule has 1 aromatic rings. The lowest BCUT2D eigenvalue weighted by atomic mass is 10.2. The van der Waals surface area contributed by atoms with Crippen LogP contribution < -0.4 is 5.32 Å². The maximum atomic E-state index is 12.6. The second kappa shape index (κ2) is 7.50. The average Bonchev–Trinajstić information content (AvgIpc) is 2.39. The predicted octanol–water partition coefficient (Wildman–Crippen LogP) is 1.92. The lowest BCUT2D eigenvalue weighted by molar-refractivity contribution is -0.0681. The fourth-order valence-electron chi connectivity index (χ4n) is 2.53. The summed E-state index contributed by atoms with van der Waals surface area (Å²) in [6.07, 6.45) is 5.15. The molecule has 6 heteroatoms. The number of rotatable bonds is 6. The van der Waals surface area contributed by atoms with E-state index in [0.29, 0.717) is 18.2 Å². The topological polar surface area (TPSA) is 50.3 Å². The number of nitrogens with one attached hydrogen (secondary N) is 1. The van der Waals surface area contributed by atoms with E-state index in [1.807, 2.05) is 0 Å². The van der Waals surface area contributed by atoms with E-state index in [1.54, 1.807) is 0 Å². The Morgan fingerprint density at radius 1 is 1.25 bits per heavy atom. The van der Waals surface area contributed by atoms with E-state index in [4.69, 9.17) is 4.74 Å². The van der Waals surface area contributed by atoms with Crippen LogP contribution in [0.1, 0.15) is 26.7 Å². The van der Waals surface area contributed by atoms with Crippen LogP contribution in [0, 0.1) is 5.82 Å². The summed E-state index contributed by atoms with van der Waals surface area (Å²) in [5, 5.41) is 3.10. The van der Waals surface area contributed by atoms with Gasteiger partial charge >= 0.3 is 0 Å². The molecule has 0 bridgehead atoms. The molecule has 1 aromatic heterocycles. The third-order valence-electron chi connectivity index (χ3n) is 3.30. The Kier molecular flexibility index (Phi) is 5.67. The third-order valence-corrected chi connectivity index (χ3v) is 3.30. The molecular weight excluding hydrogens is 259 g/mol. The second-order valence-electron chi connectivity index (χ2n) is 5.38. The van der Waals surface area contributed by atoms with Crippen LogP contribution in [0.2, 0.25) is 0 Å². The van der Waals surface area contributed by atoms with Gasteiger partial charge in [-0.15, -0.1) is 0 Å². The fraction of sp³-hybridized carbons (Fsp3) is 0.714. The van der Waals surface area contributed by atoms with Gasteiger partial charge in [0.2, 0.25) is 5.95 Å². The number of halogens is 1. The minimum absolute atomic E-state index is 0.324. The largest absolute Gasteiger partial charge is 0.373 e. The first kappa shape index (κ1) is 15.1. The van der Waals surface area contributed by atoms with Gasteiger partial charge in [-0.2, -0.15) is 0 Å². The molecule has 0 saturated carbocycles. The quantitative estimate of drug-likeness (QED) is 0.808. The SMILES string of the molecule is C[C@@H]1CN(CCCCNc2ncc(F)cn2)C[C@@H](C)O1. The fourth-order valence-corrected chi connectivity index (χ4v) is 2.53. The van der Waals surface area contributed by atoms with Crippen LogP contribution in [0.4, 0.5) is 10.3 Å². The Bertz CT molecular complexity index is 391. The molecule has 2 atom stereocenters. The molecule has 20 heavy (non-hydrogen) atoms. The summed E-state index contributed by atoms with van der Waals surface area (Å²) in [6, 6.07) is 0. The van der Waals surface area contributed by atoms with Gasteiger partial charge in [0.05, 0.1) is 24.6 Å². The number of aromatic nitrogens is 2. The summed E-state index contributed by atoms with van der Waals surface area (Å²) in [5.41, 5.74) is 0.